The minimum atomic E-state index is -1.27. The molecule has 0 aliphatic heterocycles. The van der Waals surface area contributed by atoms with E-state index in [9.17, 15) is 33.9 Å². The van der Waals surface area contributed by atoms with Gasteiger partial charge in [0.2, 0.25) is 29.5 Å². The number of carbonyl (C=O) groups is 6. The third-order valence-corrected chi connectivity index (χ3v) is 8.62. The normalized spacial score (nSPS) is 14.0. The number of carboxylic acids is 1. The maximum absolute atomic E-state index is 13.7. The number of guanidine groups is 1. The number of para-hydroxylation sites is 1. The Bertz CT molecular complexity index is 1590. The lowest BCUT2D eigenvalue weighted by Crippen LogP contribution is -2.59. The van der Waals surface area contributed by atoms with E-state index in [0.29, 0.717) is 19.4 Å². The van der Waals surface area contributed by atoms with Crippen LogP contribution in [0.15, 0.2) is 35.5 Å². The Kier molecular flexibility index (Phi) is 18.9. The summed E-state index contributed by atoms with van der Waals surface area (Å²) in [5.74, 6) is -5.02. The predicted molar refractivity (Wildman–Crippen MR) is 205 cm³/mol. The lowest BCUT2D eigenvalue weighted by Gasteiger charge is -2.28. The maximum Gasteiger partial charge on any atom is 0.326 e. The summed E-state index contributed by atoms with van der Waals surface area (Å²) in [4.78, 5) is 85.0. The van der Waals surface area contributed by atoms with Crippen molar-refractivity contribution >= 4 is 52.4 Å². The Morgan fingerprint density at radius 1 is 0.815 bits per heavy atom. The number of carboxylic acid groups (broad SMARTS) is 1. The molecule has 0 aliphatic rings. The van der Waals surface area contributed by atoms with Gasteiger partial charge in [0.05, 0.1) is 12.6 Å². The van der Waals surface area contributed by atoms with Crippen molar-refractivity contribution in [1.29, 1.82) is 0 Å². The van der Waals surface area contributed by atoms with Gasteiger partial charge in [0, 0.05) is 23.6 Å². The average molecular weight is 758 g/mol. The number of nitrogens with zero attached hydrogens (tertiary/aromatic N) is 1. The number of aromatic amines is 1. The van der Waals surface area contributed by atoms with Crippen molar-refractivity contribution in [2.45, 2.75) is 103 Å². The number of H-pyrrole nitrogens is 1. The van der Waals surface area contributed by atoms with Crippen molar-refractivity contribution in [3.63, 3.8) is 0 Å². The Balaban J connectivity index is 2.08. The SMILES string of the molecule is CC(C)CC(NC(=O)C(N)Cc1c[nH]c2ccccc12)C(=O)NC(C(=O)NC(CCCCN)C(=O)NCC(=O)NC(CCCN=C(N)N)C(=O)O)C(C)C. The topological polar surface area (TPSA) is 315 Å². The largest absolute Gasteiger partial charge is 0.480 e. The molecule has 5 amide bonds. The van der Waals surface area contributed by atoms with Crippen LogP contribution in [0.5, 0.6) is 0 Å². The predicted octanol–water partition coefficient (Wildman–Crippen LogP) is -0.938. The van der Waals surface area contributed by atoms with Gasteiger partial charge in [-0.2, -0.15) is 0 Å². The van der Waals surface area contributed by atoms with Gasteiger partial charge in [-0.3, -0.25) is 29.0 Å². The summed E-state index contributed by atoms with van der Waals surface area (Å²) in [6.07, 6.45) is 3.85. The molecule has 15 N–H and O–H groups in total. The molecule has 2 aromatic rings. The first kappa shape index (κ1) is 44.9. The van der Waals surface area contributed by atoms with Crippen molar-refractivity contribution in [2.24, 2.45) is 39.8 Å². The third kappa shape index (κ3) is 15.4. The van der Waals surface area contributed by atoms with Gasteiger partial charge in [0.25, 0.3) is 0 Å². The highest BCUT2D eigenvalue weighted by Crippen LogP contribution is 2.19. The zero-order valence-corrected chi connectivity index (χ0v) is 31.7. The van der Waals surface area contributed by atoms with Crippen LogP contribution in [0.2, 0.25) is 0 Å². The number of aliphatic imine (C=N–C) groups is 1. The van der Waals surface area contributed by atoms with Crippen molar-refractivity contribution in [1.82, 2.24) is 31.6 Å². The van der Waals surface area contributed by atoms with Crippen LogP contribution in [0.1, 0.15) is 71.8 Å². The van der Waals surface area contributed by atoms with Crippen LogP contribution in [0.25, 0.3) is 10.9 Å². The number of nitrogens with two attached hydrogens (primary N) is 4. The highest BCUT2D eigenvalue weighted by atomic mass is 16.4. The van der Waals surface area contributed by atoms with Gasteiger partial charge in [-0.25, -0.2) is 4.79 Å². The number of unbranched alkanes of at least 4 members (excludes halogenated alkanes) is 1. The molecule has 18 nitrogen and oxygen atoms in total. The summed E-state index contributed by atoms with van der Waals surface area (Å²) in [5, 5.41) is 23.5. The van der Waals surface area contributed by atoms with Gasteiger partial charge in [0.1, 0.15) is 24.2 Å². The molecule has 0 saturated carbocycles. The molecule has 54 heavy (non-hydrogen) atoms. The van der Waals surface area contributed by atoms with E-state index in [4.69, 9.17) is 22.9 Å². The van der Waals surface area contributed by atoms with E-state index in [1.807, 2.05) is 38.1 Å². The minimum absolute atomic E-state index is 0.000472. The minimum Gasteiger partial charge on any atom is -0.480 e. The Labute approximate surface area is 315 Å². The van der Waals surface area contributed by atoms with E-state index in [1.165, 1.54) is 0 Å². The Hall–Kier alpha value is -5.23. The summed E-state index contributed by atoms with van der Waals surface area (Å²) in [5.41, 5.74) is 24.3. The molecule has 5 unspecified atom stereocenters. The summed E-state index contributed by atoms with van der Waals surface area (Å²) in [7, 11) is 0. The fraction of sp³-hybridized carbons (Fsp3) is 0.583. The van der Waals surface area contributed by atoms with Gasteiger partial charge in [-0.15, -0.1) is 0 Å². The first-order valence-electron chi connectivity index (χ1n) is 18.3. The fourth-order valence-corrected chi connectivity index (χ4v) is 5.72. The molecule has 0 fully saturated rings. The summed E-state index contributed by atoms with van der Waals surface area (Å²) < 4.78 is 0. The summed E-state index contributed by atoms with van der Waals surface area (Å²) in [6, 6.07) is 2.27. The molecule has 0 radical (unpaired) electrons. The molecule has 0 saturated heterocycles. The molecule has 0 aliphatic carbocycles. The van der Waals surface area contributed by atoms with Crippen LogP contribution in [-0.2, 0) is 35.2 Å². The van der Waals surface area contributed by atoms with Crippen molar-refractivity contribution in [3.8, 4) is 0 Å². The molecule has 300 valence electrons. The first-order valence-corrected chi connectivity index (χ1v) is 18.3. The van der Waals surface area contributed by atoms with E-state index in [0.717, 1.165) is 16.5 Å². The first-order chi connectivity index (χ1) is 25.5. The van der Waals surface area contributed by atoms with Gasteiger partial charge in [-0.05, 0) is 75.0 Å². The second kappa shape index (κ2) is 22.8. The lowest BCUT2D eigenvalue weighted by atomic mass is 9.98. The van der Waals surface area contributed by atoms with Crippen LogP contribution < -0.4 is 49.5 Å². The molecular formula is C36H59N11O7. The maximum atomic E-state index is 13.7. The lowest BCUT2D eigenvalue weighted by molar-refractivity contribution is -0.142. The zero-order chi connectivity index (χ0) is 40.4. The standard InChI is InChI=1S/C36H59N11O7/c1-20(2)16-28(46-31(49)24(38)17-22-18-42-25-11-6-5-10-23(22)25)33(51)47-30(21(3)4)34(52)45-26(12-7-8-14-37)32(50)43-19-29(48)44-27(35(53)54)13-9-15-41-36(39)40/h5-6,10-11,18,20-21,24,26-28,30,42H,7-9,12-17,19,37-38H2,1-4H3,(H,43,50)(H,44,48)(H,45,52)(H,46,49)(H,47,51)(H,53,54)(H4,39,40,41). The highest BCUT2D eigenvalue weighted by Gasteiger charge is 2.32. The third-order valence-electron chi connectivity index (χ3n) is 8.62. The highest BCUT2D eigenvalue weighted by molar-refractivity contribution is 5.96. The van der Waals surface area contributed by atoms with Gasteiger partial charge in [0.15, 0.2) is 5.96 Å². The number of amides is 5. The zero-order valence-electron chi connectivity index (χ0n) is 31.7. The number of hydrogen-bond acceptors (Lipinski definition) is 9. The van der Waals surface area contributed by atoms with Crippen molar-refractivity contribution in [2.75, 3.05) is 19.6 Å². The van der Waals surface area contributed by atoms with Gasteiger partial charge >= 0.3 is 5.97 Å². The number of benzene rings is 1. The number of rotatable bonds is 24. The summed E-state index contributed by atoms with van der Waals surface area (Å²) >= 11 is 0. The molecule has 18 heteroatoms. The molecule has 2 rings (SSSR count). The van der Waals surface area contributed by atoms with Crippen LogP contribution >= 0.6 is 0 Å². The smallest absolute Gasteiger partial charge is 0.326 e. The second-order valence-electron chi connectivity index (χ2n) is 14.1. The van der Waals surface area contributed by atoms with Crippen LogP contribution in [0.4, 0.5) is 0 Å². The average Bonchev–Trinajstić information content (AvgIpc) is 3.51. The van der Waals surface area contributed by atoms with E-state index < -0.39 is 78.2 Å². The number of nitrogens with one attached hydrogen (secondary N) is 6. The van der Waals surface area contributed by atoms with Gasteiger partial charge < -0.3 is 59.6 Å². The van der Waals surface area contributed by atoms with E-state index in [2.05, 4.69) is 36.6 Å². The number of aromatic nitrogens is 1. The van der Waals surface area contributed by atoms with Crippen LogP contribution in [0, 0.1) is 11.8 Å². The molecule has 0 bridgehead atoms. The molecule has 1 heterocycles. The fourth-order valence-electron chi connectivity index (χ4n) is 5.72. The van der Waals surface area contributed by atoms with Crippen LogP contribution in [-0.4, -0.2) is 101 Å². The van der Waals surface area contributed by atoms with E-state index in [-0.39, 0.29) is 50.5 Å². The Morgan fingerprint density at radius 2 is 1.48 bits per heavy atom. The second-order valence-corrected chi connectivity index (χ2v) is 14.1. The van der Waals surface area contributed by atoms with Crippen LogP contribution in [0.3, 0.4) is 0 Å². The number of hydrogen-bond donors (Lipinski definition) is 11. The number of aliphatic carboxylic acids is 1. The molecule has 5 atom stereocenters. The number of carbonyl (C=O) groups excluding carboxylic acids is 5. The Morgan fingerprint density at radius 3 is 2.11 bits per heavy atom. The van der Waals surface area contributed by atoms with Gasteiger partial charge in [-0.1, -0.05) is 45.9 Å². The molecule has 1 aromatic carbocycles. The quantitative estimate of drug-likeness (QED) is 0.0353. The molecule has 0 spiro atoms. The van der Waals surface area contributed by atoms with E-state index in [1.54, 1.807) is 20.0 Å². The van der Waals surface area contributed by atoms with E-state index >= 15 is 0 Å². The van der Waals surface area contributed by atoms with Crippen molar-refractivity contribution in [3.05, 3.63) is 36.0 Å². The molecular weight excluding hydrogens is 698 g/mol. The molecule has 1 aromatic heterocycles. The number of fused-ring (bicyclic) bond motifs is 1. The summed E-state index contributed by atoms with van der Waals surface area (Å²) in [6.45, 7) is 7.21. The monoisotopic (exact) mass is 757 g/mol. The van der Waals surface area contributed by atoms with Crippen molar-refractivity contribution < 1.29 is 33.9 Å².